The molecule has 0 unspecified atom stereocenters. The monoisotopic (exact) mass is 590 g/mol. The molecule has 0 aliphatic heterocycles. The van der Waals surface area contributed by atoms with Crippen LogP contribution in [0, 0.1) is 11.3 Å². The first-order chi connectivity index (χ1) is 20.7. The summed E-state index contributed by atoms with van der Waals surface area (Å²) in [6.45, 7) is 4.43. The van der Waals surface area contributed by atoms with Gasteiger partial charge in [-0.25, -0.2) is 4.98 Å². The third kappa shape index (κ3) is 5.73. The van der Waals surface area contributed by atoms with E-state index in [9.17, 15) is 10.1 Å². The number of nitrogens with zero attached hydrogens (tertiary/aromatic N) is 5. The van der Waals surface area contributed by atoms with E-state index in [1.165, 1.54) is 29.5 Å². The minimum Gasteiger partial charge on any atom is -0.316 e. The lowest BCUT2D eigenvalue weighted by atomic mass is 9.97. The van der Waals surface area contributed by atoms with Crippen molar-refractivity contribution in [3.05, 3.63) is 89.3 Å². The average Bonchev–Trinajstić information content (AvgIpc) is 3.55. The summed E-state index contributed by atoms with van der Waals surface area (Å²) in [5.74, 6) is 0.675. The zero-order valence-electron chi connectivity index (χ0n) is 23.2. The van der Waals surface area contributed by atoms with E-state index < -0.39 is 0 Å². The summed E-state index contributed by atoms with van der Waals surface area (Å²) in [6, 6.07) is 22.5. The number of aryl methyl sites for hydroxylation is 1. The van der Waals surface area contributed by atoms with Crippen molar-refractivity contribution in [2.45, 2.75) is 50.2 Å². The topological polar surface area (TPSA) is 96.5 Å². The molecular weight excluding hydrogens is 561 g/mol. The second kappa shape index (κ2) is 12.7. The molecule has 5 aromatic rings. The van der Waals surface area contributed by atoms with Crippen LogP contribution in [-0.2, 0) is 24.2 Å². The van der Waals surface area contributed by atoms with Crippen LogP contribution in [0.15, 0.2) is 78.5 Å². The Morgan fingerprint density at radius 3 is 2.67 bits per heavy atom. The van der Waals surface area contributed by atoms with E-state index in [0.29, 0.717) is 28.1 Å². The smallest absolute Gasteiger partial charge is 0.235 e. The molecule has 0 radical (unpaired) electrons. The van der Waals surface area contributed by atoms with Crippen LogP contribution in [0.5, 0.6) is 0 Å². The molecule has 210 valence electrons. The number of allylic oxidation sites excluding steroid dienone is 1. The first-order valence-corrected chi connectivity index (χ1v) is 15.9. The zero-order chi connectivity index (χ0) is 28.9. The number of hydrogen-bond donors (Lipinski definition) is 1. The Morgan fingerprint density at radius 1 is 1.07 bits per heavy atom. The van der Waals surface area contributed by atoms with E-state index in [2.05, 4.69) is 34.2 Å². The van der Waals surface area contributed by atoms with Gasteiger partial charge in [-0.15, -0.1) is 28.1 Å². The Kier molecular flexibility index (Phi) is 8.45. The molecule has 1 amide bonds. The molecule has 3 aromatic heterocycles. The van der Waals surface area contributed by atoms with Gasteiger partial charge in [0.1, 0.15) is 11.1 Å². The lowest BCUT2D eigenvalue weighted by molar-refractivity contribution is -0.113. The number of carbonyl (C=O) groups excluding carboxylic acids is 1. The van der Waals surface area contributed by atoms with Crippen molar-refractivity contribution in [3.8, 4) is 28.7 Å². The van der Waals surface area contributed by atoms with Gasteiger partial charge in [-0.2, -0.15) is 5.26 Å². The summed E-state index contributed by atoms with van der Waals surface area (Å²) in [4.78, 5) is 19.2. The highest BCUT2D eigenvalue weighted by molar-refractivity contribution is 7.99. The molecule has 0 spiro atoms. The number of benzene rings is 2. The minimum atomic E-state index is -0.166. The highest BCUT2D eigenvalue weighted by Gasteiger charge is 2.22. The highest BCUT2D eigenvalue weighted by Crippen LogP contribution is 2.37. The minimum absolute atomic E-state index is 0.148. The maximum atomic E-state index is 13.1. The normalized spacial score (nSPS) is 13.1. The van der Waals surface area contributed by atoms with Gasteiger partial charge in [-0.05, 0) is 43.4 Å². The van der Waals surface area contributed by atoms with E-state index in [1.54, 1.807) is 17.4 Å². The molecule has 1 N–H and O–H groups in total. The van der Waals surface area contributed by atoms with Crippen LogP contribution in [0.3, 0.4) is 0 Å². The Hall–Kier alpha value is -4.26. The second-order valence-corrected chi connectivity index (χ2v) is 12.3. The number of nitrogens with one attached hydrogen (secondary N) is 1. The third-order valence-corrected chi connectivity index (χ3v) is 9.60. The van der Waals surface area contributed by atoms with Gasteiger partial charge in [0.2, 0.25) is 5.91 Å². The highest BCUT2D eigenvalue weighted by atomic mass is 32.2. The molecule has 0 saturated carbocycles. The van der Waals surface area contributed by atoms with Gasteiger partial charge in [0.05, 0.1) is 22.5 Å². The maximum absolute atomic E-state index is 13.1. The zero-order valence-corrected chi connectivity index (χ0v) is 24.8. The average molecular weight is 591 g/mol. The van der Waals surface area contributed by atoms with Crippen LogP contribution >= 0.6 is 23.1 Å². The number of rotatable bonds is 8. The third-order valence-electron chi connectivity index (χ3n) is 7.42. The molecule has 1 aliphatic carbocycles. The fourth-order valence-corrected chi connectivity index (χ4v) is 7.43. The molecule has 9 heteroatoms. The van der Waals surface area contributed by atoms with Gasteiger partial charge in [0.15, 0.2) is 11.0 Å². The van der Waals surface area contributed by atoms with Crippen LogP contribution in [-0.4, -0.2) is 31.4 Å². The second-order valence-electron chi connectivity index (χ2n) is 10.2. The number of anilines is 1. The van der Waals surface area contributed by atoms with Crippen LogP contribution < -0.4 is 5.32 Å². The van der Waals surface area contributed by atoms with Gasteiger partial charge in [0.25, 0.3) is 0 Å². The molecule has 6 rings (SSSR count). The standard InChI is InChI=1S/C33H30N6OS2/c1-2-18-39-31(25-19-28(22-12-6-5-7-13-22)35-27-16-11-10-14-23(25)27)37-38-33(39)41-21-30(40)36-32-26(20-34)24-15-8-3-4-9-17-29(24)42-32/h2,5-7,10-14,16,19H,1,3-4,8-9,15,17-18,21H2,(H,36,40). The van der Waals surface area contributed by atoms with Crippen LogP contribution in [0.2, 0.25) is 0 Å². The number of amides is 1. The van der Waals surface area contributed by atoms with Crippen molar-refractivity contribution in [3.63, 3.8) is 0 Å². The fraction of sp³-hybridized carbons (Fsp3) is 0.242. The van der Waals surface area contributed by atoms with E-state index in [1.807, 2.05) is 59.2 Å². The summed E-state index contributed by atoms with van der Waals surface area (Å²) in [5.41, 5.74) is 5.41. The number of thiophene rings is 1. The molecular formula is C33H30N6OS2. The van der Waals surface area contributed by atoms with Gasteiger partial charge in [-0.3, -0.25) is 9.36 Å². The lowest BCUT2D eigenvalue weighted by Gasteiger charge is -2.12. The Labute approximate surface area is 253 Å². The lowest BCUT2D eigenvalue weighted by Crippen LogP contribution is -2.14. The van der Waals surface area contributed by atoms with Crippen LogP contribution in [0.4, 0.5) is 5.00 Å². The summed E-state index contributed by atoms with van der Waals surface area (Å²) in [7, 11) is 0. The molecule has 0 atom stereocenters. The van der Waals surface area contributed by atoms with Crippen molar-refractivity contribution in [2.24, 2.45) is 0 Å². The van der Waals surface area contributed by atoms with Gasteiger partial charge < -0.3 is 5.32 Å². The predicted molar refractivity (Wildman–Crippen MR) is 171 cm³/mol. The molecule has 42 heavy (non-hydrogen) atoms. The number of carbonyl (C=O) groups is 1. The van der Waals surface area contributed by atoms with Crippen molar-refractivity contribution in [1.82, 2.24) is 19.7 Å². The molecule has 0 saturated heterocycles. The number of aromatic nitrogens is 4. The fourth-order valence-electron chi connectivity index (χ4n) is 5.42. The summed E-state index contributed by atoms with van der Waals surface area (Å²) in [6.07, 6.45) is 8.30. The SMILES string of the molecule is C=CCn1c(SCC(=O)Nc2sc3c(c2C#N)CCCCCC3)nnc1-c1cc(-c2ccccc2)nc2ccccc12. The quantitative estimate of drug-likeness (QED) is 0.147. The Bertz CT molecular complexity index is 1800. The predicted octanol–water partition coefficient (Wildman–Crippen LogP) is 7.67. The molecule has 7 nitrogen and oxygen atoms in total. The van der Waals surface area contributed by atoms with E-state index >= 15 is 0 Å². The maximum Gasteiger partial charge on any atom is 0.235 e. The van der Waals surface area contributed by atoms with Crippen molar-refractivity contribution in [1.29, 1.82) is 5.26 Å². The van der Waals surface area contributed by atoms with Gasteiger partial charge >= 0.3 is 0 Å². The summed E-state index contributed by atoms with van der Waals surface area (Å²) >= 11 is 2.88. The van der Waals surface area contributed by atoms with E-state index in [0.717, 1.165) is 59.0 Å². The first-order valence-electron chi connectivity index (χ1n) is 14.1. The number of hydrogen-bond acceptors (Lipinski definition) is 7. The number of para-hydroxylation sites is 1. The molecule has 2 aromatic carbocycles. The van der Waals surface area contributed by atoms with Gasteiger partial charge in [-0.1, -0.05) is 79.2 Å². The first kappa shape index (κ1) is 27.9. The van der Waals surface area contributed by atoms with Crippen LogP contribution in [0.1, 0.15) is 41.7 Å². The number of nitriles is 1. The van der Waals surface area contributed by atoms with Crippen molar-refractivity contribution >= 4 is 44.9 Å². The largest absolute Gasteiger partial charge is 0.316 e. The summed E-state index contributed by atoms with van der Waals surface area (Å²) in [5, 5.41) is 24.2. The molecule has 0 bridgehead atoms. The number of fused-ring (bicyclic) bond motifs is 2. The summed E-state index contributed by atoms with van der Waals surface area (Å²) < 4.78 is 1.99. The van der Waals surface area contributed by atoms with Crippen molar-refractivity contribution < 1.29 is 4.79 Å². The molecule has 0 fully saturated rings. The Morgan fingerprint density at radius 2 is 1.86 bits per heavy atom. The van der Waals surface area contributed by atoms with Gasteiger partial charge in [0, 0.05) is 27.9 Å². The van der Waals surface area contributed by atoms with E-state index in [-0.39, 0.29) is 11.7 Å². The number of pyridine rings is 1. The Balaban J connectivity index is 1.27. The van der Waals surface area contributed by atoms with Crippen LogP contribution in [0.25, 0.3) is 33.5 Å². The van der Waals surface area contributed by atoms with E-state index in [4.69, 9.17) is 4.98 Å². The number of thioether (sulfide) groups is 1. The molecule has 1 aliphatic rings. The molecule has 3 heterocycles. The van der Waals surface area contributed by atoms with Crippen molar-refractivity contribution in [2.75, 3.05) is 11.1 Å².